The Morgan fingerprint density at radius 2 is 1.84 bits per heavy atom. The van der Waals surface area contributed by atoms with E-state index in [0.29, 0.717) is 55.3 Å². The monoisotopic (exact) mass is 611 g/mol. The van der Waals surface area contributed by atoms with E-state index in [4.69, 9.17) is 10.9 Å². The number of ketones is 1. The summed E-state index contributed by atoms with van der Waals surface area (Å²) in [6, 6.07) is 13.0. The van der Waals surface area contributed by atoms with Crippen molar-refractivity contribution >= 4 is 39.0 Å². The van der Waals surface area contributed by atoms with Crippen molar-refractivity contribution in [2.24, 2.45) is 28.6 Å². The molecule has 232 valence electrons. The highest BCUT2D eigenvalue weighted by Crippen LogP contribution is 2.27. The van der Waals surface area contributed by atoms with Gasteiger partial charge >= 0.3 is 0 Å². The third-order valence-corrected chi connectivity index (χ3v) is 10.1. The van der Waals surface area contributed by atoms with Crippen LogP contribution >= 0.6 is 0 Å². The Hall–Kier alpha value is -3.77. The van der Waals surface area contributed by atoms with Gasteiger partial charge < -0.3 is 31.3 Å². The molecule has 0 saturated carbocycles. The summed E-state index contributed by atoms with van der Waals surface area (Å²) >= 11 is 0. The molecule has 2 aliphatic heterocycles. The van der Waals surface area contributed by atoms with Crippen LogP contribution in [0, 0.1) is 17.8 Å². The van der Waals surface area contributed by atoms with Gasteiger partial charge in [0.15, 0.2) is 15.7 Å². The average Bonchev–Trinajstić information content (AvgIpc) is 2.95. The Balaban J connectivity index is 1.51. The number of amidine groups is 1. The Morgan fingerprint density at radius 1 is 1.12 bits per heavy atom. The van der Waals surface area contributed by atoms with Crippen molar-refractivity contribution in [2.45, 2.75) is 50.3 Å². The Kier molecular flexibility index (Phi) is 10.9. The van der Waals surface area contributed by atoms with Crippen LogP contribution < -0.4 is 16.4 Å². The zero-order valence-corrected chi connectivity index (χ0v) is 25.3. The molecule has 43 heavy (non-hydrogen) atoms. The van der Waals surface area contributed by atoms with Gasteiger partial charge in [-0.2, -0.15) is 0 Å². The van der Waals surface area contributed by atoms with Crippen molar-refractivity contribution in [1.82, 2.24) is 10.2 Å². The predicted octanol–water partition coefficient (Wildman–Crippen LogP) is 2.57. The molecule has 0 bridgehead atoms. The summed E-state index contributed by atoms with van der Waals surface area (Å²) in [5.74, 6) is -1.32. The summed E-state index contributed by atoms with van der Waals surface area (Å²) in [6.45, 7) is 3.82. The zero-order chi connectivity index (χ0) is 31.0. The molecule has 4 rings (SSSR count). The molecule has 0 unspecified atom stereocenters. The molecule has 11 nitrogen and oxygen atoms in total. The fourth-order valence-electron chi connectivity index (χ4n) is 5.60. The van der Waals surface area contributed by atoms with E-state index in [9.17, 15) is 22.8 Å². The Morgan fingerprint density at radius 3 is 2.49 bits per heavy atom. The number of carbonyl (C=O) groups excluding carboxylic acids is 3. The van der Waals surface area contributed by atoms with Gasteiger partial charge in [0.2, 0.25) is 11.8 Å². The van der Waals surface area contributed by atoms with Gasteiger partial charge in [0.1, 0.15) is 5.78 Å². The Labute approximate surface area is 252 Å². The van der Waals surface area contributed by atoms with Crippen LogP contribution in [0.4, 0.5) is 5.69 Å². The fourth-order valence-corrected chi connectivity index (χ4v) is 7.18. The molecule has 2 aromatic carbocycles. The highest BCUT2D eigenvalue weighted by Gasteiger charge is 2.33. The maximum absolute atomic E-state index is 13.9. The van der Waals surface area contributed by atoms with Gasteiger partial charge in [0, 0.05) is 43.9 Å². The molecule has 0 radical (unpaired) electrons. The van der Waals surface area contributed by atoms with Crippen LogP contribution in [0.1, 0.15) is 50.2 Å². The van der Waals surface area contributed by atoms with Crippen molar-refractivity contribution in [2.75, 3.05) is 37.2 Å². The number of likely N-dealkylation sites (tertiary alicyclic amines) is 1. The Bertz CT molecular complexity index is 1450. The molecule has 1 atom stereocenters. The molecule has 2 aliphatic rings. The first-order chi connectivity index (χ1) is 20.6. The average molecular weight is 612 g/mol. The van der Waals surface area contributed by atoms with E-state index in [1.807, 2.05) is 0 Å². The van der Waals surface area contributed by atoms with Crippen LogP contribution in [-0.4, -0.2) is 73.9 Å². The molecular formula is C31H41N5O6S. The predicted molar refractivity (Wildman–Crippen MR) is 163 cm³/mol. The number of nitrogens with one attached hydrogen (secondary N) is 2. The minimum absolute atomic E-state index is 0.0319. The quantitative estimate of drug-likeness (QED) is 0.116. The number of oxime groups is 1. The first kappa shape index (κ1) is 32.2. The topological polar surface area (TPSA) is 171 Å². The standard InChI is InChI=1S/C31H41N5O6S/c1-21(37)5-2-6-22-11-13-36(14-12-22)31(39)25(16-23-7-3-8-24(15-23)29(32)35-40)20-43(41,42)28-10-4-9-27(17-28)34-30(38)26-18-33-19-26/h3-4,7-10,15,17,22,25-26,33,40H,2,5-6,11-14,16,18-20H2,1H3,(H2,32,35)(H,34,38)/t25-/m1/s1. The minimum atomic E-state index is -3.93. The van der Waals surface area contributed by atoms with Crippen molar-refractivity contribution in [3.63, 3.8) is 0 Å². The van der Waals surface area contributed by atoms with Crippen LogP contribution in [-0.2, 0) is 30.6 Å². The fraction of sp³-hybridized carbons (Fsp3) is 0.484. The highest BCUT2D eigenvalue weighted by molar-refractivity contribution is 7.91. The van der Waals surface area contributed by atoms with Gasteiger partial charge in [0.05, 0.1) is 22.5 Å². The van der Waals surface area contributed by atoms with Gasteiger partial charge in [0.25, 0.3) is 0 Å². The summed E-state index contributed by atoms with van der Waals surface area (Å²) < 4.78 is 27.4. The molecule has 0 aromatic heterocycles. The molecule has 5 N–H and O–H groups in total. The van der Waals surface area contributed by atoms with Gasteiger partial charge in [-0.3, -0.25) is 9.59 Å². The number of Topliss-reactive ketones (excluding diaryl/α,β-unsaturated/α-hetero) is 1. The number of amides is 2. The number of anilines is 1. The lowest BCUT2D eigenvalue weighted by molar-refractivity contribution is -0.136. The summed E-state index contributed by atoms with van der Waals surface area (Å²) in [5.41, 5.74) is 7.31. The largest absolute Gasteiger partial charge is 0.409 e. The van der Waals surface area contributed by atoms with Gasteiger partial charge in [-0.05, 0) is 74.8 Å². The van der Waals surface area contributed by atoms with E-state index in [-0.39, 0.29) is 40.7 Å². The molecule has 12 heteroatoms. The molecule has 2 aromatic rings. The smallest absolute Gasteiger partial charge is 0.230 e. The van der Waals surface area contributed by atoms with Crippen LogP contribution in [0.3, 0.4) is 0 Å². The van der Waals surface area contributed by atoms with E-state index < -0.39 is 21.5 Å². The lowest BCUT2D eigenvalue weighted by atomic mass is 9.90. The van der Waals surface area contributed by atoms with Crippen molar-refractivity contribution in [3.05, 3.63) is 59.7 Å². The summed E-state index contributed by atoms with van der Waals surface area (Å²) in [6.07, 6.45) is 4.09. The number of benzene rings is 2. The van der Waals surface area contributed by atoms with Gasteiger partial charge in [-0.25, -0.2) is 8.42 Å². The number of sulfone groups is 1. The van der Waals surface area contributed by atoms with Crippen LogP contribution in [0.5, 0.6) is 0 Å². The van der Waals surface area contributed by atoms with Crippen molar-refractivity contribution in [1.29, 1.82) is 0 Å². The van der Waals surface area contributed by atoms with Crippen molar-refractivity contribution in [3.8, 4) is 0 Å². The molecular weight excluding hydrogens is 570 g/mol. The molecule has 2 heterocycles. The highest BCUT2D eigenvalue weighted by atomic mass is 32.2. The van der Waals surface area contributed by atoms with E-state index in [2.05, 4.69) is 15.8 Å². The number of piperidine rings is 1. The molecule has 2 saturated heterocycles. The van der Waals surface area contributed by atoms with Crippen LogP contribution in [0.15, 0.2) is 58.6 Å². The van der Waals surface area contributed by atoms with E-state index in [0.717, 1.165) is 25.7 Å². The minimum Gasteiger partial charge on any atom is -0.409 e. The van der Waals surface area contributed by atoms with E-state index in [1.165, 1.54) is 12.1 Å². The normalized spacial score (nSPS) is 17.2. The van der Waals surface area contributed by atoms with Gasteiger partial charge in [-0.1, -0.05) is 29.4 Å². The van der Waals surface area contributed by atoms with E-state index in [1.54, 1.807) is 48.2 Å². The number of nitrogens with zero attached hydrogens (tertiary/aromatic N) is 2. The second kappa shape index (κ2) is 14.6. The lowest BCUT2D eigenvalue weighted by Gasteiger charge is -2.34. The summed E-state index contributed by atoms with van der Waals surface area (Å²) in [5, 5.41) is 18.0. The number of hydrogen-bond donors (Lipinski definition) is 4. The third kappa shape index (κ3) is 8.87. The summed E-state index contributed by atoms with van der Waals surface area (Å²) in [7, 11) is -3.93. The second-order valence-electron chi connectivity index (χ2n) is 11.6. The van der Waals surface area contributed by atoms with E-state index >= 15 is 0 Å². The maximum Gasteiger partial charge on any atom is 0.230 e. The zero-order valence-electron chi connectivity index (χ0n) is 24.5. The second-order valence-corrected chi connectivity index (χ2v) is 13.6. The third-order valence-electron chi connectivity index (χ3n) is 8.26. The van der Waals surface area contributed by atoms with Gasteiger partial charge in [-0.15, -0.1) is 0 Å². The number of carbonyl (C=O) groups is 3. The lowest BCUT2D eigenvalue weighted by Crippen LogP contribution is -2.48. The van der Waals surface area contributed by atoms with Crippen LogP contribution in [0.25, 0.3) is 0 Å². The van der Waals surface area contributed by atoms with Crippen LogP contribution in [0.2, 0.25) is 0 Å². The molecule has 0 aliphatic carbocycles. The number of nitrogens with two attached hydrogens (primary N) is 1. The molecule has 2 amide bonds. The maximum atomic E-state index is 13.9. The first-order valence-corrected chi connectivity index (χ1v) is 16.4. The van der Waals surface area contributed by atoms with Crippen molar-refractivity contribution < 1.29 is 28.0 Å². The summed E-state index contributed by atoms with van der Waals surface area (Å²) in [4.78, 5) is 39.4. The first-order valence-electron chi connectivity index (χ1n) is 14.7. The molecule has 0 spiro atoms. The number of hydrogen-bond acceptors (Lipinski definition) is 8. The SMILES string of the molecule is CC(=O)CCCC1CCN(C(=O)[C@H](Cc2cccc(/C(N)=N\O)c2)CS(=O)(=O)c2cccc(NC(=O)C3CNC3)c2)CC1. The molecule has 2 fully saturated rings. The number of rotatable bonds is 13.